The number of carbonyl (C=O) groups is 1. The molecule has 0 saturated carbocycles. The van der Waals surface area contributed by atoms with Crippen LogP contribution in [0.3, 0.4) is 0 Å². The van der Waals surface area contributed by atoms with Gasteiger partial charge in [-0.3, -0.25) is 20.3 Å². The molecule has 0 unspecified atom stereocenters. The molecule has 0 radical (unpaired) electrons. The molecule has 0 aliphatic rings. The number of ketones is 1. The number of hydrogen-bond donors (Lipinski definition) is 1. The van der Waals surface area contributed by atoms with Crippen LogP contribution in [0.2, 0.25) is 0 Å². The van der Waals surface area contributed by atoms with Gasteiger partial charge >= 0.3 is 0 Å². The smallest absolute Gasteiger partial charge is 0.269 e. The average molecular weight is 278 g/mol. The van der Waals surface area contributed by atoms with Gasteiger partial charge in [-0.15, -0.1) is 0 Å². The molecule has 19 heavy (non-hydrogen) atoms. The molecule has 2 rings (SSSR count). The Bertz CT molecular complexity index is 687. The molecule has 1 heterocycles. The van der Waals surface area contributed by atoms with E-state index >= 15 is 0 Å². The zero-order valence-corrected chi connectivity index (χ0v) is 10.8. The SMILES string of the molecule is Cc1nn(CC(=O)c2ccc([N+](=O)[O-])cc2)c(=N)s1. The normalized spacial score (nSPS) is 10.4. The number of nitrogens with one attached hydrogen (secondary N) is 1. The quantitative estimate of drug-likeness (QED) is 0.520. The van der Waals surface area contributed by atoms with Gasteiger partial charge < -0.3 is 0 Å². The predicted molar refractivity (Wildman–Crippen MR) is 68.1 cm³/mol. The molecule has 0 bridgehead atoms. The van der Waals surface area contributed by atoms with Gasteiger partial charge in [-0.1, -0.05) is 11.3 Å². The van der Waals surface area contributed by atoms with Crippen molar-refractivity contribution >= 4 is 22.8 Å². The lowest BCUT2D eigenvalue weighted by atomic mass is 10.1. The van der Waals surface area contributed by atoms with E-state index in [-0.39, 0.29) is 22.8 Å². The fourth-order valence-electron chi connectivity index (χ4n) is 1.53. The van der Waals surface area contributed by atoms with E-state index in [1.807, 2.05) is 0 Å². The fraction of sp³-hybridized carbons (Fsp3) is 0.182. The van der Waals surface area contributed by atoms with Gasteiger partial charge in [-0.25, -0.2) is 4.68 Å². The lowest BCUT2D eigenvalue weighted by Crippen LogP contribution is -2.21. The minimum atomic E-state index is -0.519. The largest absolute Gasteiger partial charge is 0.292 e. The van der Waals surface area contributed by atoms with Gasteiger partial charge in [0.25, 0.3) is 5.69 Å². The molecule has 7 nitrogen and oxygen atoms in total. The van der Waals surface area contributed by atoms with Gasteiger partial charge in [-0.05, 0) is 19.1 Å². The van der Waals surface area contributed by atoms with Gasteiger partial charge in [-0.2, -0.15) is 5.10 Å². The van der Waals surface area contributed by atoms with Gasteiger partial charge in [0.2, 0.25) is 4.80 Å². The summed E-state index contributed by atoms with van der Waals surface area (Å²) in [5.74, 6) is -0.237. The number of aryl methyl sites for hydroxylation is 1. The average Bonchev–Trinajstić information content (AvgIpc) is 2.68. The molecule has 0 amide bonds. The highest BCUT2D eigenvalue weighted by Crippen LogP contribution is 2.12. The second-order valence-electron chi connectivity index (χ2n) is 3.81. The van der Waals surface area contributed by atoms with E-state index in [4.69, 9.17) is 5.41 Å². The summed E-state index contributed by atoms with van der Waals surface area (Å²) < 4.78 is 1.31. The second-order valence-corrected chi connectivity index (χ2v) is 4.99. The Morgan fingerprint density at radius 1 is 1.47 bits per heavy atom. The Morgan fingerprint density at radius 3 is 2.58 bits per heavy atom. The number of benzene rings is 1. The number of nitrogens with zero attached hydrogens (tertiary/aromatic N) is 3. The highest BCUT2D eigenvalue weighted by molar-refractivity contribution is 7.08. The van der Waals surface area contributed by atoms with Crippen LogP contribution < -0.4 is 4.80 Å². The number of aromatic nitrogens is 2. The van der Waals surface area contributed by atoms with Gasteiger partial charge in [0.05, 0.1) is 4.92 Å². The first-order valence-corrected chi connectivity index (χ1v) is 6.16. The summed E-state index contributed by atoms with van der Waals surface area (Å²) in [5.41, 5.74) is 0.304. The summed E-state index contributed by atoms with van der Waals surface area (Å²) >= 11 is 1.19. The number of Topliss-reactive ketones (excluding diaryl/α,β-unsaturated/α-hetero) is 1. The van der Waals surface area contributed by atoms with Crippen molar-refractivity contribution in [3.63, 3.8) is 0 Å². The van der Waals surface area contributed by atoms with Crippen LogP contribution in [0.5, 0.6) is 0 Å². The zero-order chi connectivity index (χ0) is 14.0. The molecule has 0 fully saturated rings. The van der Waals surface area contributed by atoms with Crippen LogP contribution in [0.25, 0.3) is 0 Å². The number of nitro benzene ring substituents is 1. The molecular weight excluding hydrogens is 268 g/mol. The van der Waals surface area contributed by atoms with E-state index in [9.17, 15) is 14.9 Å². The Kier molecular flexibility index (Phi) is 3.52. The molecule has 0 saturated heterocycles. The van der Waals surface area contributed by atoms with Gasteiger partial charge in [0, 0.05) is 17.7 Å². The maximum atomic E-state index is 11.9. The first-order chi connectivity index (χ1) is 8.97. The molecule has 1 aromatic carbocycles. The number of hydrogen-bond acceptors (Lipinski definition) is 6. The highest BCUT2D eigenvalue weighted by Gasteiger charge is 2.11. The first-order valence-electron chi connectivity index (χ1n) is 5.34. The lowest BCUT2D eigenvalue weighted by molar-refractivity contribution is -0.384. The Balaban J connectivity index is 2.18. The highest BCUT2D eigenvalue weighted by atomic mass is 32.1. The molecule has 98 valence electrons. The summed E-state index contributed by atoms with van der Waals surface area (Å²) in [6.07, 6.45) is 0. The van der Waals surface area contributed by atoms with Crippen molar-refractivity contribution in [3.05, 3.63) is 49.8 Å². The van der Waals surface area contributed by atoms with Crippen LogP contribution in [-0.2, 0) is 6.54 Å². The van der Waals surface area contributed by atoms with Crippen molar-refractivity contribution in [2.75, 3.05) is 0 Å². The summed E-state index contributed by atoms with van der Waals surface area (Å²) in [6.45, 7) is 1.72. The van der Waals surface area contributed by atoms with Crippen molar-refractivity contribution in [1.29, 1.82) is 5.41 Å². The van der Waals surface area contributed by atoms with Crippen LogP contribution in [-0.4, -0.2) is 20.5 Å². The van der Waals surface area contributed by atoms with Crippen LogP contribution in [0.1, 0.15) is 15.4 Å². The lowest BCUT2D eigenvalue weighted by Gasteiger charge is -2.01. The van der Waals surface area contributed by atoms with E-state index in [1.54, 1.807) is 6.92 Å². The number of carbonyl (C=O) groups excluding carboxylic acids is 1. The standard InChI is InChI=1S/C11H10N4O3S/c1-7-13-14(11(12)19-7)6-10(16)8-2-4-9(5-3-8)15(17)18/h2-5,12H,6H2,1H3. The molecule has 0 spiro atoms. The van der Waals surface area contributed by atoms with E-state index in [2.05, 4.69) is 5.10 Å². The van der Waals surface area contributed by atoms with Crippen LogP contribution in [0.4, 0.5) is 5.69 Å². The molecule has 0 aliphatic carbocycles. The number of rotatable bonds is 4. The molecule has 1 aromatic heterocycles. The third-order valence-electron chi connectivity index (χ3n) is 2.43. The van der Waals surface area contributed by atoms with Crippen LogP contribution >= 0.6 is 11.3 Å². The van der Waals surface area contributed by atoms with E-state index < -0.39 is 4.92 Å². The predicted octanol–water partition coefficient (Wildman–Crippen LogP) is 1.52. The molecule has 1 N–H and O–H groups in total. The van der Waals surface area contributed by atoms with Crippen LogP contribution in [0.15, 0.2) is 24.3 Å². The van der Waals surface area contributed by atoms with Crippen molar-refractivity contribution in [3.8, 4) is 0 Å². The minimum Gasteiger partial charge on any atom is -0.292 e. The topological polar surface area (TPSA) is 102 Å². The Labute approximate surface area is 111 Å². The minimum absolute atomic E-state index is 0.0407. The van der Waals surface area contributed by atoms with Crippen molar-refractivity contribution in [2.45, 2.75) is 13.5 Å². The molecule has 0 aliphatic heterocycles. The van der Waals surface area contributed by atoms with Crippen molar-refractivity contribution in [1.82, 2.24) is 9.78 Å². The fourth-order valence-corrected chi connectivity index (χ4v) is 2.16. The molecular formula is C11H10N4O3S. The van der Waals surface area contributed by atoms with E-state index in [0.717, 1.165) is 0 Å². The maximum absolute atomic E-state index is 11.9. The third kappa shape index (κ3) is 2.91. The third-order valence-corrected chi connectivity index (χ3v) is 3.21. The monoisotopic (exact) mass is 278 g/mol. The molecule has 0 atom stereocenters. The molecule has 8 heteroatoms. The van der Waals surface area contributed by atoms with Gasteiger partial charge in [0.15, 0.2) is 5.78 Å². The Hall–Kier alpha value is -2.35. The van der Waals surface area contributed by atoms with Gasteiger partial charge in [0.1, 0.15) is 11.6 Å². The summed E-state index contributed by atoms with van der Waals surface area (Å²) in [7, 11) is 0. The zero-order valence-electron chi connectivity index (χ0n) is 9.99. The summed E-state index contributed by atoms with van der Waals surface area (Å²) in [5, 5.41) is 22.9. The summed E-state index contributed by atoms with van der Waals surface area (Å²) in [4.78, 5) is 22.1. The summed E-state index contributed by atoms with van der Waals surface area (Å²) in [6, 6.07) is 5.38. The van der Waals surface area contributed by atoms with Crippen molar-refractivity contribution in [2.24, 2.45) is 0 Å². The van der Waals surface area contributed by atoms with E-state index in [0.29, 0.717) is 10.6 Å². The Morgan fingerprint density at radius 2 is 2.11 bits per heavy atom. The van der Waals surface area contributed by atoms with E-state index in [1.165, 1.54) is 40.3 Å². The number of non-ortho nitro benzene ring substituents is 1. The van der Waals surface area contributed by atoms with Crippen LogP contribution in [0, 0.1) is 22.4 Å². The second kappa shape index (κ2) is 5.11. The molecule has 2 aromatic rings. The van der Waals surface area contributed by atoms with Crippen molar-refractivity contribution < 1.29 is 9.72 Å². The number of nitro groups is 1. The maximum Gasteiger partial charge on any atom is 0.269 e. The first kappa shape index (κ1) is 13.1.